The lowest BCUT2D eigenvalue weighted by Gasteiger charge is -1.98. The van der Waals surface area contributed by atoms with Crippen LogP contribution in [0.5, 0.6) is 0 Å². The van der Waals surface area contributed by atoms with Gasteiger partial charge in [-0.3, -0.25) is 0 Å². The van der Waals surface area contributed by atoms with Gasteiger partial charge < -0.3 is 0 Å². The van der Waals surface area contributed by atoms with Crippen LogP contribution in [-0.2, 0) is 0 Å². The first-order valence-electron chi connectivity index (χ1n) is 5.09. The van der Waals surface area contributed by atoms with Gasteiger partial charge in [0.05, 0.1) is 15.6 Å². The van der Waals surface area contributed by atoms with Gasteiger partial charge in [-0.25, -0.2) is 4.98 Å². The molecule has 0 bridgehead atoms. The van der Waals surface area contributed by atoms with Crippen molar-refractivity contribution in [2.45, 2.75) is 6.92 Å². The third kappa shape index (κ3) is 2.91. The zero-order valence-corrected chi connectivity index (χ0v) is 11.8. The maximum Gasteiger partial charge on any atom is 0.134 e. The molecule has 0 aliphatic rings. The van der Waals surface area contributed by atoms with Crippen LogP contribution in [0.4, 0.5) is 0 Å². The first kappa shape index (κ1) is 13.1. The SMILES string of the molecule is Cc1csc(C(C#N)=Cc2ccc(Cl)c(Cl)c2)n1. The Morgan fingerprint density at radius 2 is 2.17 bits per heavy atom. The van der Waals surface area contributed by atoms with E-state index in [4.69, 9.17) is 28.5 Å². The number of rotatable bonds is 2. The molecule has 0 saturated heterocycles. The molecule has 0 radical (unpaired) electrons. The van der Waals surface area contributed by atoms with Gasteiger partial charge >= 0.3 is 0 Å². The summed E-state index contributed by atoms with van der Waals surface area (Å²) in [5.41, 5.74) is 2.26. The van der Waals surface area contributed by atoms with Crippen LogP contribution in [0.15, 0.2) is 23.6 Å². The highest BCUT2D eigenvalue weighted by Crippen LogP contribution is 2.26. The van der Waals surface area contributed by atoms with Gasteiger partial charge in [0.2, 0.25) is 0 Å². The zero-order chi connectivity index (χ0) is 13.1. The van der Waals surface area contributed by atoms with Gasteiger partial charge in [0.15, 0.2) is 0 Å². The van der Waals surface area contributed by atoms with Gasteiger partial charge in [-0.05, 0) is 30.7 Å². The van der Waals surface area contributed by atoms with Crippen LogP contribution in [0, 0.1) is 18.3 Å². The Hall–Kier alpha value is -1.34. The number of hydrogen-bond acceptors (Lipinski definition) is 3. The summed E-state index contributed by atoms with van der Waals surface area (Å²) in [6.07, 6.45) is 1.75. The summed E-state index contributed by atoms with van der Waals surface area (Å²) in [5.74, 6) is 0. The molecule has 5 heteroatoms. The predicted molar refractivity (Wildman–Crippen MR) is 76.8 cm³/mol. The van der Waals surface area contributed by atoms with Crippen molar-refractivity contribution >= 4 is 46.2 Å². The maximum atomic E-state index is 9.16. The molecule has 0 spiro atoms. The van der Waals surface area contributed by atoms with E-state index in [1.165, 1.54) is 11.3 Å². The molecule has 0 atom stereocenters. The summed E-state index contributed by atoms with van der Waals surface area (Å²) in [6, 6.07) is 7.39. The quantitative estimate of drug-likeness (QED) is 0.744. The summed E-state index contributed by atoms with van der Waals surface area (Å²) >= 11 is 13.2. The van der Waals surface area contributed by atoms with Crippen LogP contribution >= 0.6 is 34.5 Å². The van der Waals surface area contributed by atoms with Gasteiger partial charge in [0.25, 0.3) is 0 Å². The molecule has 2 nitrogen and oxygen atoms in total. The Labute approximate surface area is 119 Å². The third-order valence-electron chi connectivity index (χ3n) is 2.22. The van der Waals surface area contributed by atoms with Crippen molar-refractivity contribution in [1.29, 1.82) is 5.26 Å². The van der Waals surface area contributed by atoms with E-state index in [0.717, 1.165) is 11.3 Å². The number of benzene rings is 1. The fraction of sp³-hybridized carbons (Fsp3) is 0.0769. The molecule has 0 N–H and O–H groups in total. The lowest BCUT2D eigenvalue weighted by atomic mass is 10.1. The minimum Gasteiger partial charge on any atom is -0.241 e. The number of hydrogen-bond donors (Lipinski definition) is 0. The second-order valence-corrected chi connectivity index (χ2v) is 5.31. The monoisotopic (exact) mass is 294 g/mol. The fourth-order valence-electron chi connectivity index (χ4n) is 1.39. The molecule has 0 unspecified atom stereocenters. The van der Waals surface area contributed by atoms with E-state index in [2.05, 4.69) is 11.1 Å². The van der Waals surface area contributed by atoms with E-state index in [1.807, 2.05) is 18.4 Å². The molecule has 0 fully saturated rings. The molecule has 2 rings (SSSR count). The minimum absolute atomic E-state index is 0.470. The Balaban J connectivity index is 2.41. The topological polar surface area (TPSA) is 36.7 Å². The first-order chi connectivity index (χ1) is 8.60. The van der Waals surface area contributed by atoms with Crippen LogP contribution in [0.25, 0.3) is 11.6 Å². The van der Waals surface area contributed by atoms with Gasteiger partial charge in [-0.1, -0.05) is 29.3 Å². The number of aromatic nitrogens is 1. The Morgan fingerprint density at radius 3 is 2.72 bits per heavy atom. The van der Waals surface area contributed by atoms with Gasteiger partial charge in [0.1, 0.15) is 11.1 Å². The number of nitriles is 1. The highest BCUT2D eigenvalue weighted by molar-refractivity contribution is 7.11. The third-order valence-corrected chi connectivity index (χ3v) is 3.96. The van der Waals surface area contributed by atoms with E-state index >= 15 is 0 Å². The molecule has 1 aromatic heterocycles. The van der Waals surface area contributed by atoms with Crippen molar-refractivity contribution in [3.63, 3.8) is 0 Å². The molecule has 0 aliphatic carbocycles. The normalized spacial score (nSPS) is 11.3. The predicted octanol–water partition coefficient (Wildman–Crippen LogP) is 4.82. The van der Waals surface area contributed by atoms with Crippen molar-refractivity contribution in [3.05, 3.63) is 49.9 Å². The molecule has 0 aliphatic heterocycles. The summed E-state index contributed by atoms with van der Waals surface area (Å²) in [6.45, 7) is 1.90. The molecule has 0 amide bonds. The smallest absolute Gasteiger partial charge is 0.134 e. The number of thiazole rings is 1. The molecular weight excluding hydrogens is 287 g/mol. The van der Waals surface area contributed by atoms with Gasteiger partial charge in [-0.2, -0.15) is 5.26 Å². The average Bonchev–Trinajstić information content (AvgIpc) is 2.77. The second-order valence-electron chi connectivity index (χ2n) is 3.64. The molecule has 90 valence electrons. The summed E-state index contributed by atoms with van der Waals surface area (Å²) in [7, 11) is 0. The maximum absolute atomic E-state index is 9.16. The molecule has 1 heterocycles. The Kier molecular flexibility index (Phi) is 4.03. The van der Waals surface area contributed by atoms with Gasteiger partial charge in [-0.15, -0.1) is 11.3 Å². The van der Waals surface area contributed by atoms with Crippen molar-refractivity contribution in [2.24, 2.45) is 0 Å². The number of nitrogens with zero attached hydrogens (tertiary/aromatic N) is 2. The lowest BCUT2D eigenvalue weighted by molar-refractivity contribution is 1.25. The summed E-state index contributed by atoms with van der Waals surface area (Å²) in [4.78, 5) is 4.29. The van der Waals surface area contributed by atoms with E-state index in [1.54, 1.807) is 18.2 Å². The van der Waals surface area contributed by atoms with E-state index in [0.29, 0.717) is 20.6 Å². The van der Waals surface area contributed by atoms with E-state index < -0.39 is 0 Å². The largest absolute Gasteiger partial charge is 0.241 e. The van der Waals surface area contributed by atoms with E-state index in [-0.39, 0.29) is 0 Å². The molecule has 0 saturated carbocycles. The highest BCUT2D eigenvalue weighted by Gasteiger charge is 2.06. The van der Waals surface area contributed by atoms with Crippen LogP contribution < -0.4 is 0 Å². The number of aryl methyl sites for hydroxylation is 1. The zero-order valence-electron chi connectivity index (χ0n) is 9.45. The van der Waals surface area contributed by atoms with Crippen LogP contribution in [0.3, 0.4) is 0 Å². The fourth-order valence-corrected chi connectivity index (χ4v) is 2.46. The standard InChI is InChI=1S/C13H8Cl2N2S/c1-8-7-18-13(17-8)10(6-16)4-9-2-3-11(14)12(15)5-9/h2-5,7H,1H3. The van der Waals surface area contributed by atoms with Crippen molar-refractivity contribution in [2.75, 3.05) is 0 Å². The average molecular weight is 295 g/mol. The van der Waals surface area contributed by atoms with Crippen LogP contribution in [-0.4, -0.2) is 4.98 Å². The van der Waals surface area contributed by atoms with Crippen molar-refractivity contribution in [1.82, 2.24) is 4.98 Å². The first-order valence-corrected chi connectivity index (χ1v) is 6.73. The molecular formula is C13H8Cl2N2S. The van der Waals surface area contributed by atoms with Gasteiger partial charge in [0, 0.05) is 11.1 Å². The molecule has 18 heavy (non-hydrogen) atoms. The van der Waals surface area contributed by atoms with Crippen LogP contribution in [0.2, 0.25) is 10.0 Å². The molecule has 2 aromatic rings. The Morgan fingerprint density at radius 1 is 1.39 bits per heavy atom. The summed E-state index contributed by atoms with van der Waals surface area (Å²) in [5, 5.41) is 12.8. The summed E-state index contributed by atoms with van der Waals surface area (Å²) < 4.78 is 0. The molecule has 1 aromatic carbocycles. The lowest BCUT2D eigenvalue weighted by Crippen LogP contribution is -1.82. The van der Waals surface area contributed by atoms with Crippen LogP contribution in [0.1, 0.15) is 16.3 Å². The highest BCUT2D eigenvalue weighted by atomic mass is 35.5. The van der Waals surface area contributed by atoms with Crippen molar-refractivity contribution < 1.29 is 0 Å². The number of halogens is 2. The van der Waals surface area contributed by atoms with E-state index in [9.17, 15) is 0 Å². The Bertz CT molecular complexity index is 653. The van der Waals surface area contributed by atoms with Crippen molar-refractivity contribution in [3.8, 4) is 6.07 Å². The second kappa shape index (κ2) is 5.53. The minimum atomic E-state index is 0.470. The number of allylic oxidation sites excluding steroid dienone is 1.